The molecule has 67 heavy (non-hydrogen) atoms. The molecule has 2 aromatic heterocycles. The van der Waals surface area contributed by atoms with Crippen LogP contribution < -0.4 is 15.6 Å². The number of esters is 1. The van der Waals surface area contributed by atoms with Crippen molar-refractivity contribution in [3.8, 4) is 11.3 Å². The standard InChI is InChI=1S/C49H68N8O9S/c1-10-41(58)55-21-18-32(27-55)46(60)53(8)43(30(3)4)45(59)51-39-25-34-28-54(22-23-67(34,63)64)33-16-17-40-36(24-33)37(44(56(40)11-2)35-14-12-19-50-42(35)31(5)65-9)26-49(6,7)29-66-48(62)38-15-13-20-57(52-38)47(39)61/h10,12,14,16-17,19,24,30-32,34,38-39,43,52H,1,11,13,15,18,20-23,25-29H2,2-9H3,(H,51,59)/t31-,32-,34+,38-,39-,43-/m0/s1. The highest BCUT2D eigenvalue weighted by atomic mass is 32.2. The lowest BCUT2D eigenvalue weighted by molar-refractivity contribution is -0.155. The van der Waals surface area contributed by atoms with E-state index in [2.05, 4.69) is 60.9 Å². The van der Waals surface area contributed by atoms with Crippen LogP contribution in [0.25, 0.3) is 22.2 Å². The van der Waals surface area contributed by atoms with Crippen LogP contribution in [0.5, 0.6) is 0 Å². The van der Waals surface area contributed by atoms with Crippen LogP contribution in [0.2, 0.25) is 0 Å². The molecule has 2 N–H and O–H groups in total. The third-order valence-corrected chi connectivity index (χ3v) is 16.2. The molecule has 0 radical (unpaired) electrons. The van der Waals surface area contributed by atoms with Crippen molar-refractivity contribution in [1.82, 2.24) is 35.1 Å². The summed E-state index contributed by atoms with van der Waals surface area (Å²) in [6, 6.07) is 6.90. The van der Waals surface area contributed by atoms with Gasteiger partial charge in [-0.3, -0.25) is 34.0 Å². The third-order valence-electron chi connectivity index (χ3n) is 14.0. The molecule has 0 unspecified atom stereocenters. The molecule has 7 rings (SSSR count). The molecule has 0 aliphatic carbocycles. The maximum absolute atomic E-state index is 14.8. The topological polar surface area (TPSA) is 193 Å². The second-order valence-electron chi connectivity index (χ2n) is 19.7. The molecule has 3 fully saturated rings. The number of fused-ring (bicyclic) bond motifs is 6. The Hall–Kier alpha value is -5.33. The number of likely N-dealkylation sites (tertiary alicyclic amines) is 1. The van der Waals surface area contributed by atoms with Crippen LogP contribution >= 0.6 is 0 Å². The second kappa shape index (κ2) is 20.1. The van der Waals surface area contributed by atoms with Crippen LogP contribution in [0.1, 0.15) is 84.6 Å². The summed E-state index contributed by atoms with van der Waals surface area (Å²) in [6.45, 7) is 17.1. The summed E-state index contributed by atoms with van der Waals surface area (Å²) in [7, 11) is -0.585. The Morgan fingerprint density at radius 1 is 1.10 bits per heavy atom. The van der Waals surface area contributed by atoms with Crippen LogP contribution in [-0.4, -0.2) is 145 Å². The van der Waals surface area contributed by atoms with Crippen molar-refractivity contribution in [1.29, 1.82) is 0 Å². The van der Waals surface area contributed by atoms with Gasteiger partial charge in [0.15, 0.2) is 9.84 Å². The minimum absolute atomic E-state index is 0.0593. The third kappa shape index (κ3) is 10.3. The van der Waals surface area contributed by atoms with Gasteiger partial charge in [0.05, 0.1) is 41.0 Å². The van der Waals surface area contributed by atoms with Gasteiger partial charge < -0.3 is 34.1 Å². The summed E-state index contributed by atoms with van der Waals surface area (Å²) in [5, 5.41) is 4.12. The van der Waals surface area contributed by atoms with Gasteiger partial charge >= 0.3 is 5.97 Å². The highest BCUT2D eigenvalue weighted by Crippen LogP contribution is 2.42. The van der Waals surface area contributed by atoms with Crippen molar-refractivity contribution < 1.29 is 41.9 Å². The first-order valence-corrected chi connectivity index (χ1v) is 25.3. The van der Waals surface area contributed by atoms with Gasteiger partial charge in [0, 0.05) is 87.2 Å². The van der Waals surface area contributed by atoms with Gasteiger partial charge in [-0.1, -0.05) is 34.3 Å². The molecular weight excluding hydrogens is 877 g/mol. The minimum Gasteiger partial charge on any atom is -0.464 e. The molecule has 0 spiro atoms. The molecule has 0 saturated carbocycles. The van der Waals surface area contributed by atoms with Gasteiger partial charge in [0.25, 0.3) is 5.91 Å². The van der Waals surface area contributed by atoms with E-state index in [1.807, 2.05) is 24.0 Å². The number of rotatable bonds is 10. The number of methoxy groups -OCH3 is 1. The molecule has 4 amide bonds. The van der Waals surface area contributed by atoms with E-state index in [0.717, 1.165) is 39.1 Å². The van der Waals surface area contributed by atoms with E-state index in [-0.39, 0.29) is 62.9 Å². The van der Waals surface area contributed by atoms with E-state index >= 15 is 0 Å². The minimum atomic E-state index is -3.78. The number of nitrogens with one attached hydrogen (secondary N) is 2. The Morgan fingerprint density at radius 2 is 1.87 bits per heavy atom. The lowest BCUT2D eigenvalue weighted by Gasteiger charge is -2.39. The van der Waals surface area contributed by atoms with Crippen LogP contribution in [0.3, 0.4) is 0 Å². The number of hydrogen-bond donors (Lipinski definition) is 2. The van der Waals surface area contributed by atoms with Gasteiger partial charge in [-0.15, -0.1) is 0 Å². The number of nitrogens with zero attached hydrogens (tertiary/aromatic N) is 6. The van der Waals surface area contributed by atoms with Gasteiger partial charge in [0.1, 0.15) is 18.1 Å². The number of anilines is 1. The Morgan fingerprint density at radius 3 is 2.57 bits per heavy atom. The van der Waals surface area contributed by atoms with E-state index in [9.17, 15) is 32.4 Å². The Kier molecular flexibility index (Phi) is 14.9. The molecule has 17 nitrogen and oxygen atoms in total. The van der Waals surface area contributed by atoms with E-state index in [1.165, 1.54) is 16.0 Å². The SMILES string of the molecule is C=CC(=O)N1CC[C@H](C(=O)N(C)[C@H](C(=O)N[C@H]2C[C@@H]3CN(CCS3(=O)=O)c3ccc4c(c3)c(c(-c3cccnc3[C@H](C)OC)n4CC)CC(C)(C)COC(=O)[C@@H]3CCCN(N3)C2=O)C(C)C)C1. The predicted molar refractivity (Wildman–Crippen MR) is 255 cm³/mol. The summed E-state index contributed by atoms with van der Waals surface area (Å²) in [4.78, 5) is 79.2. The molecule has 4 aliphatic rings. The molecule has 6 bridgehead atoms. The zero-order valence-corrected chi connectivity index (χ0v) is 41.1. The summed E-state index contributed by atoms with van der Waals surface area (Å²) in [5.41, 5.74) is 8.02. The number of likely N-dealkylation sites (N-methyl/N-ethyl adjacent to an activating group) is 1. The number of amides is 4. The highest BCUT2D eigenvalue weighted by Gasteiger charge is 2.43. The quantitative estimate of drug-likeness (QED) is 0.219. The number of cyclic esters (lactones) is 1. The number of hydrogen-bond acceptors (Lipinski definition) is 12. The summed E-state index contributed by atoms with van der Waals surface area (Å²) in [6.07, 6.45) is 4.20. The van der Waals surface area contributed by atoms with E-state index in [4.69, 9.17) is 14.5 Å². The first-order valence-electron chi connectivity index (χ1n) is 23.6. The number of sulfone groups is 1. The van der Waals surface area contributed by atoms with Gasteiger partial charge in [-0.25, -0.2) is 13.8 Å². The normalized spacial score (nSPS) is 24.2. The van der Waals surface area contributed by atoms with Crippen molar-refractivity contribution in [2.75, 3.05) is 64.1 Å². The molecule has 6 heterocycles. The number of ether oxygens (including phenoxy) is 2. The average molecular weight is 945 g/mol. The fourth-order valence-corrected chi connectivity index (χ4v) is 12.1. The Bertz CT molecular complexity index is 2510. The molecule has 3 saturated heterocycles. The maximum Gasteiger partial charge on any atom is 0.324 e. The number of aromatic nitrogens is 2. The molecule has 4 aliphatic heterocycles. The van der Waals surface area contributed by atoms with Crippen molar-refractivity contribution >= 4 is 56.0 Å². The van der Waals surface area contributed by atoms with Crippen molar-refractivity contribution in [3.05, 3.63) is 60.4 Å². The molecule has 1 aromatic carbocycles. The van der Waals surface area contributed by atoms with Gasteiger partial charge in [-0.2, -0.15) is 0 Å². The number of pyridine rings is 1. The molecule has 18 heteroatoms. The van der Waals surface area contributed by atoms with Crippen molar-refractivity contribution in [3.63, 3.8) is 0 Å². The summed E-state index contributed by atoms with van der Waals surface area (Å²) in [5.74, 6) is -3.44. The largest absolute Gasteiger partial charge is 0.464 e. The summed E-state index contributed by atoms with van der Waals surface area (Å²) >= 11 is 0. The molecular formula is C49H68N8O9S. The monoisotopic (exact) mass is 944 g/mol. The summed E-state index contributed by atoms with van der Waals surface area (Å²) < 4.78 is 42.4. The number of benzene rings is 1. The number of carbonyl (C=O) groups excluding carboxylic acids is 5. The lowest BCUT2D eigenvalue weighted by Crippen LogP contribution is -2.63. The fraction of sp³-hybridized carbons (Fsp3) is 0.592. The van der Waals surface area contributed by atoms with Crippen molar-refractivity contribution in [2.24, 2.45) is 17.3 Å². The van der Waals surface area contributed by atoms with E-state index < -0.39 is 68.2 Å². The molecule has 6 atom stereocenters. The van der Waals surface area contributed by atoms with Crippen LogP contribution in [0, 0.1) is 17.3 Å². The zero-order chi connectivity index (χ0) is 48.5. The Labute approximate surface area is 394 Å². The van der Waals surface area contributed by atoms with Crippen LogP contribution in [0.15, 0.2) is 49.2 Å². The van der Waals surface area contributed by atoms with Crippen molar-refractivity contribution in [2.45, 2.75) is 110 Å². The highest BCUT2D eigenvalue weighted by molar-refractivity contribution is 7.92. The average Bonchev–Trinajstić information content (AvgIpc) is 3.92. The predicted octanol–water partition coefficient (Wildman–Crippen LogP) is 4.05. The zero-order valence-electron chi connectivity index (χ0n) is 40.2. The smallest absolute Gasteiger partial charge is 0.324 e. The number of hydrazine groups is 1. The van der Waals surface area contributed by atoms with Gasteiger partial charge in [-0.05, 0) is 93.8 Å². The van der Waals surface area contributed by atoms with Gasteiger partial charge in [0.2, 0.25) is 17.7 Å². The molecule has 364 valence electrons. The Balaban J connectivity index is 1.28. The lowest BCUT2D eigenvalue weighted by atomic mass is 9.84. The first-order chi connectivity index (χ1) is 31.8. The maximum atomic E-state index is 14.8. The van der Waals surface area contributed by atoms with Crippen LogP contribution in [-0.2, 0) is 56.2 Å². The first kappa shape index (κ1) is 49.6. The second-order valence-corrected chi connectivity index (χ2v) is 22.1. The van der Waals surface area contributed by atoms with E-state index in [0.29, 0.717) is 38.8 Å². The van der Waals surface area contributed by atoms with Crippen LogP contribution in [0.4, 0.5) is 5.69 Å². The fourth-order valence-electron chi connectivity index (χ4n) is 10.4. The van der Waals surface area contributed by atoms with E-state index in [1.54, 1.807) is 39.1 Å². The number of aryl methyl sites for hydroxylation is 1. The number of carbonyl (C=O) groups is 5. The molecule has 3 aromatic rings.